The minimum atomic E-state index is -0.123. The molecule has 0 aromatic carbocycles. The van der Waals surface area contributed by atoms with E-state index < -0.39 is 0 Å². The molecule has 1 aromatic heterocycles. The number of anilines is 1. The van der Waals surface area contributed by atoms with Crippen molar-refractivity contribution in [3.63, 3.8) is 0 Å². The molecule has 0 saturated carbocycles. The Hall–Kier alpha value is -1.56. The number of amides is 1. The zero-order valence-corrected chi connectivity index (χ0v) is 11.0. The van der Waals surface area contributed by atoms with E-state index in [1.165, 1.54) is 0 Å². The first-order chi connectivity index (χ1) is 7.91. The normalized spacial score (nSPS) is 10.9. The molecular weight excluding hydrogens is 218 g/mol. The van der Waals surface area contributed by atoms with Crippen molar-refractivity contribution in [2.75, 3.05) is 40.0 Å². The second-order valence-corrected chi connectivity index (χ2v) is 4.49. The number of nitrogen functional groups attached to an aromatic ring is 1. The predicted octanol–water partition coefficient (Wildman–Crippen LogP) is 0.0260. The van der Waals surface area contributed by atoms with E-state index in [-0.39, 0.29) is 5.91 Å². The molecule has 1 aromatic rings. The highest BCUT2D eigenvalue weighted by atomic mass is 16.2. The van der Waals surface area contributed by atoms with Gasteiger partial charge in [0.05, 0.1) is 5.69 Å². The molecule has 1 heterocycles. The maximum Gasteiger partial charge on any atom is 0.276 e. The number of aromatic nitrogens is 2. The molecule has 0 radical (unpaired) electrons. The molecule has 0 aliphatic carbocycles. The van der Waals surface area contributed by atoms with Crippen molar-refractivity contribution in [3.8, 4) is 0 Å². The van der Waals surface area contributed by atoms with Crippen molar-refractivity contribution >= 4 is 11.6 Å². The minimum absolute atomic E-state index is 0.123. The Balaban J connectivity index is 2.55. The lowest BCUT2D eigenvalue weighted by atomic mass is 10.3. The van der Waals surface area contributed by atoms with Gasteiger partial charge in [0.1, 0.15) is 0 Å². The fraction of sp³-hybridized carbons (Fsp3) is 0.636. The van der Waals surface area contributed by atoms with Gasteiger partial charge < -0.3 is 15.5 Å². The Labute approximate surface area is 102 Å². The molecule has 96 valence electrons. The fourth-order valence-corrected chi connectivity index (χ4v) is 1.58. The third-order valence-electron chi connectivity index (χ3n) is 2.51. The van der Waals surface area contributed by atoms with Gasteiger partial charge in [0.15, 0.2) is 5.69 Å². The van der Waals surface area contributed by atoms with Crippen molar-refractivity contribution in [3.05, 3.63) is 11.9 Å². The van der Waals surface area contributed by atoms with Crippen molar-refractivity contribution in [2.45, 2.75) is 6.42 Å². The largest absolute Gasteiger partial charge is 0.396 e. The van der Waals surface area contributed by atoms with E-state index in [2.05, 4.69) is 10.00 Å². The molecule has 0 fully saturated rings. The highest BCUT2D eigenvalue weighted by Gasteiger charge is 2.17. The molecule has 6 nitrogen and oxygen atoms in total. The summed E-state index contributed by atoms with van der Waals surface area (Å²) in [5, 5.41) is 4.06. The summed E-state index contributed by atoms with van der Waals surface area (Å²) in [6, 6.07) is 0. The number of hydrogen-bond donors (Lipinski definition) is 1. The van der Waals surface area contributed by atoms with Crippen LogP contribution in [0.2, 0.25) is 0 Å². The van der Waals surface area contributed by atoms with Gasteiger partial charge in [0.25, 0.3) is 5.91 Å². The fourth-order valence-electron chi connectivity index (χ4n) is 1.58. The van der Waals surface area contributed by atoms with Crippen molar-refractivity contribution in [1.29, 1.82) is 0 Å². The molecule has 0 atom stereocenters. The zero-order valence-electron chi connectivity index (χ0n) is 11.0. The number of nitrogens with two attached hydrogens (primary N) is 1. The predicted molar refractivity (Wildman–Crippen MR) is 67.8 cm³/mol. The van der Waals surface area contributed by atoms with Crippen molar-refractivity contribution < 1.29 is 4.79 Å². The molecule has 1 rings (SSSR count). The Bertz CT molecular complexity index is 385. The Morgan fingerprint density at radius 3 is 2.53 bits per heavy atom. The van der Waals surface area contributed by atoms with Crippen LogP contribution in [-0.2, 0) is 7.05 Å². The minimum Gasteiger partial charge on any atom is -0.396 e. The van der Waals surface area contributed by atoms with Gasteiger partial charge in [-0.25, -0.2) is 0 Å². The topological polar surface area (TPSA) is 67.4 Å². The number of carbonyl (C=O) groups excluding carboxylic acids is 1. The van der Waals surface area contributed by atoms with Gasteiger partial charge in [-0.3, -0.25) is 9.48 Å². The van der Waals surface area contributed by atoms with Crippen LogP contribution in [0, 0.1) is 0 Å². The standard InChI is InChI=1S/C11H21N5O/c1-14(2)6-5-7-15(3)11(17)10-9(12)8-16(4)13-10/h8H,5-7,12H2,1-4H3. The molecule has 17 heavy (non-hydrogen) atoms. The average molecular weight is 239 g/mol. The summed E-state index contributed by atoms with van der Waals surface area (Å²) in [5.74, 6) is -0.123. The lowest BCUT2D eigenvalue weighted by Gasteiger charge is -2.17. The number of aryl methyl sites for hydroxylation is 1. The summed E-state index contributed by atoms with van der Waals surface area (Å²) < 4.78 is 1.55. The number of carbonyl (C=O) groups is 1. The molecular formula is C11H21N5O. The molecule has 0 aliphatic heterocycles. The maximum atomic E-state index is 12.0. The highest BCUT2D eigenvalue weighted by Crippen LogP contribution is 2.10. The second-order valence-electron chi connectivity index (χ2n) is 4.49. The highest BCUT2D eigenvalue weighted by molar-refractivity contribution is 5.96. The quantitative estimate of drug-likeness (QED) is 0.787. The van der Waals surface area contributed by atoms with Crippen LogP contribution in [0.5, 0.6) is 0 Å². The van der Waals surface area contributed by atoms with Gasteiger partial charge in [-0.1, -0.05) is 0 Å². The first-order valence-corrected chi connectivity index (χ1v) is 5.61. The van der Waals surface area contributed by atoms with Crippen molar-refractivity contribution in [2.24, 2.45) is 7.05 Å². The Morgan fingerprint density at radius 2 is 2.06 bits per heavy atom. The van der Waals surface area contributed by atoms with E-state index in [4.69, 9.17) is 5.73 Å². The van der Waals surface area contributed by atoms with Crippen LogP contribution in [0.4, 0.5) is 5.69 Å². The second kappa shape index (κ2) is 5.67. The summed E-state index contributed by atoms with van der Waals surface area (Å²) in [7, 11) is 7.54. The van der Waals surface area contributed by atoms with Crippen LogP contribution < -0.4 is 5.73 Å². The molecule has 6 heteroatoms. The Morgan fingerprint density at radius 1 is 1.41 bits per heavy atom. The van der Waals surface area contributed by atoms with Crippen molar-refractivity contribution in [1.82, 2.24) is 19.6 Å². The first-order valence-electron chi connectivity index (χ1n) is 5.61. The van der Waals surface area contributed by atoms with E-state index in [9.17, 15) is 4.79 Å². The lowest BCUT2D eigenvalue weighted by Crippen LogP contribution is -2.30. The third-order valence-corrected chi connectivity index (χ3v) is 2.51. The van der Waals surface area contributed by atoms with Gasteiger partial charge >= 0.3 is 0 Å². The van der Waals surface area contributed by atoms with Gasteiger partial charge in [0, 0.05) is 26.8 Å². The summed E-state index contributed by atoms with van der Waals surface area (Å²) in [5.41, 5.74) is 6.48. The van der Waals surface area contributed by atoms with Gasteiger partial charge in [-0.15, -0.1) is 0 Å². The van der Waals surface area contributed by atoms with Crippen LogP contribution in [0.15, 0.2) is 6.20 Å². The molecule has 1 amide bonds. The molecule has 0 bridgehead atoms. The first kappa shape index (κ1) is 13.5. The molecule has 0 unspecified atom stereocenters. The zero-order chi connectivity index (χ0) is 13.0. The van der Waals surface area contributed by atoms with Crippen LogP contribution in [-0.4, -0.2) is 59.7 Å². The summed E-state index contributed by atoms with van der Waals surface area (Å²) >= 11 is 0. The molecule has 0 aliphatic rings. The van der Waals surface area contributed by atoms with Crippen LogP contribution >= 0.6 is 0 Å². The van der Waals surface area contributed by atoms with E-state index in [0.29, 0.717) is 17.9 Å². The average Bonchev–Trinajstić information content (AvgIpc) is 2.56. The third kappa shape index (κ3) is 3.74. The number of nitrogens with zero attached hydrogens (tertiary/aromatic N) is 4. The van der Waals surface area contributed by atoms with Crippen LogP contribution in [0.1, 0.15) is 16.9 Å². The summed E-state index contributed by atoms with van der Waals surface area (Å²) in [6.07, 6.45) is 2.57. The molecule has 0 spiro atoms. The van der Waals surface area contributed by atoms with E-state index in [1.807, 2.05) is 14.1 Å². The lowest BCUT2D eigenvalue weighted by molar-refractivity contribution is 0.0785. The van der Waals surface area contributed by atoms with Crippen LogP contribution in [0.25, 0.3) is 0 Å². The van der Waals surface area contributed by atoms with E-state index in [0.717, 1.165) is 13.0 Å². The SMILES string of the molecule is CN(C)CCCN(C)C(=O)c1nn(C)cc1N. The van der Waals surface area contributed by atoms with Crippen LogP contribution in [0.3, 0.4) is 0 Å². The van der Waals surface area contributed by atoms with Gasteiger partial charge in [-0.2, -0.15) is 5.10 Å². The van der Waals surface area contributed by atoms with Gasteiger partial charge in [0.2, 0.25) is 0 Å². The summed E-state index contributed by atoms with van der Waals surface area (Å²) in [6.45, 7) is 1.66. The van der Waals surface area contributed by atoms with Gasteiger partial charge in [-0.05, 0) is 27.1 Å². The molecule has 0 saturated heterocycles. The number of rotatable bonds is 5. The molecule has 2 N–H and O–H groups in total. The Kier molecular flexibility index (Phi) is 4.51. The van der Waals surface area contributed by atoms with E-state index in [1.54, 1.807) is 29.9 Å². The smallest absolute Gasteiger partial charge is 0.276 e. The summed E-state index contributed by atoms with van der Waals surface area (Å²) in [4.78, 5) is 15.8. The maximum absolute atomic E-state index is 12.0. The number of hydrogen-bond acceptors (Lipinski definition) is 4. The monoisotopic (exact) mass is 239 g/mol. The van der Waals surface area contributed by atoms with E-state index >= 15 is 0 Å².